The molecule has 4 aromatic rings. The van der Waals surface area contributed by atoms with Gasteiger partial charge in [-0.25, -0.2) is 4.98 Å². The fourth-order valence-corrected chi connectivity index (χ4v) is 4.82. The van der Waals surface area contributed by atoms with Crippen molar-refractivity contribution in [1.29, 1.82) is 0 Å². The molecule has 0 radical (unpaired) electrons. The van der Waals surface area contributed by atoms with Crippen LogP contribution in [-0.2, 0) is 26.4 Å². The number of pyridine rings is 1. The lowest BCUT2D eigenvalue weighted by molar-refractivity contribution is 0.228. The Morgan fingerprint density at radius 1 is 1.18 bits per heavy atom. The Bertz CT molecular complexity index is 1350. The highest BCUT2D eigenvalue weighted by atomic mass is 16.5. The van der Waals surface area contributed by atoms with E-state index in [-0.39, 0.29) is 6.10 Å². The molecule has 0 saturated carbocycles. The van der Waals surface area contributed by atoms with Crippen molar-refractivity contribution in [3.63, 3.8) is 0 Å². The van der Waals surface area contributed by atoms with E-state index in [0.717, 1.165) is 53.2 Å². The number of anilines is 1. The van der Waals surface area contributed by atoms with E-state index in [4.69, 9.17) is 20.7 Å². The third kappa shape index (κ3) is 3.57. The van der Waals surface area contributed by atoms with Gasteiger partial charge in [-0.15, -0.1) is 0 Å². The van der Waals surface area contributed by atoms with Gasteiger partial charge in [0.05, 0.1) is 17.1 Å². The Labute approximate surface area is 194 Å². The lowest BCUT2D eigenvalue weighted by Crippen LogP contribution is -2.10. The maximum Gasteiger partial charge on any atom is 0.166 e. The second-order valence-electron chi connectivity index (χ2n) is 8.75. The summed E-state index contributed by atoms with van der Waals surface area (Å²) in [5, 5.41) is 9.82. The fourth-order valence-electron chi connectivity index (χ4n) is 4.82. The van der Waals surface area contributed by atoms with Crippen molar-refractivity contribution in [2.24, 2.45) is 7.05 Å². The molecule has 5 rings (SSSR count). The maximum atomic E-state index is 6.43. The summed E-state index contributed by atoms with van der Waals surface area (Å²) in [6.45, 7) is 9.18. The first-order valence-electron chi connectivity index (χ1n) is 11.5. The van der Waals surface area contributed by atoms with Crippen molar-refractivity contribution in [3.05, 3.63) is 64.6 Å². The highest BCUT2D eigenvalue weighted by Crippen LogP contribution is 2.39. The number of nitrogens with zero attached hydrogens (tertiary/aromatic N) is 5. The van der Waals surface area contributed by atoms with Gasteiger partial charge in [-0.1, -0.05) is 30.7 Å². The summed E-state index contributed by atoms with van der Waals surface area (Å²) in [6, 6.07) is 8.46. The number of hydrogen-bond donors (Lipinski definition) is 1. The zero-order valence-electron chi connectivity index (χ0n) is 19.9. The standard InChI is InChI=1S/C26H30N6O/c1-6-22-21-11-18-14-31(5)30-24(18)19-9-8-15(3)10-20(19)16(4)33-23-12-17(13-28-26(23)27)25(21)32(7-2)29-22/h8-10,12-14,16H,6-7,11H2,1-5H3,(H2,27,28). The van der Waals surface area contributed by atoms with Crippen molar-refractivity contribution in [2.45, 2.75) is 53.2 Å². The average molecular weight is 443 g/mol. The van der Waals surface area contributed by atoms with Gasteiger partial charge < -0.3 is 10.5 Å². The topological polar surface area (TPSA) is 83.8 Å². The predicted molar refractivity (Wildman–Crippen MR) is 130 cm³/mol. The molecule has 3 aromatic heterocycles. The van der Waals surface area contributed by atoms with E-state index in [2.05, 4.69) is 61.8 Å². The van der Waals surface area contributed by atoms with Gasteiger partial charge in [0.15, 0.2) is 11.6 Å². The number of fused-ring (bicyclic) bond motifs is 7. The minimum absolute atomic E-state index is 0.227. The number of aryl methyl sites for hydroxylation is 4. The first-order chi connectivity index (χ1) is 15.9. The van der Waals surface area contributed by atoms with Gasteiger partial charge >= 0.3 is 0 Å². The fraction of sp³-hybridized carbons (Fsp3) is 0.346. The van der Waals surface area contributed by atoms with Crippen LogP contribution in [-0.4, -0.2) is 24.5 Å². The monoisotopic (exact) mass is 442 g/mol. The molecule has 0 amide bonds. The number of hydrogen-bond acceptors (Lipinski definition) is 5. The molecule has 7 heteroatoms. The molecule has 33 heavy (non-hydrogen) atoms. The summed E-state index contributed by atoms with van der Waals surface area (Å²) in [4.78, 5) is 4.49. The van der Waals surface area contributed by atoms with Crippen molar-refractivity contribution in [1.82, 2.24) is 24.5 Å². The molecule has 0 spiro atoms. The molecule has 2 N–H and O–H groups in total. The Morgan fingerprint density at radius 3 is 2.76 bits per heavy atom. The SMILES string of the molecule is CCc1nn(CC)c2c1Cc1cn(C)nc1-c1ccc(C)cc1C(C)Oc1cc-2cnc1N. The number of rotatable bonds is 2. The van der Waals surface area contributed by atoms with Crippen LogP contribution in [0.2, 0.25) is 0 Å². The first-order valence-corrected chi connectivity index (χ1v) is 11.5. The van der Waals surface area contributed by atoms with Crippen molar-refractivity contribution in [3.8, 4) is 28.3 Å². The largest absolute Gasteiger partial charge is 0.482 e. The minimum Gasteiger partial charge on any atom is -0.482 e. The summed E-state index contributed by atoms with van der Waals surface area (Å²) in [5.41, 5.74) is 16.1. The number of aromatic nitrogens is 5. The molecule has 0 fully saturated rings. The summed E-state index contributed by atoms with van der Waals surface area (Å²) in [7, 11) is 1.98. The van der Waals surface area contributed by atoms with Crippen LogP contribution in [0.15, 0.2) is 36.7 Å². The van der Waals surface area contributed by atoms with Gasteiger partial charge in [-0.05, 0) is 33.3 Å². The normalized spacial score (nSPS) is 15.0. The number of ether oxygens (including phenoxy) is 1. The van der Waals surface area contributed by atoms with E-state index in [1.807, 2.05) is 24.0 Å². The van der Waals surface area contributed by atoms with Crippen LogP contribution >= 0.6 is 0 Å². The zero-order valence-corrected chi connectivity index (χ0v) is 19.9. The van der Waals surface area contributed by atoms with Crippen molar-refractivity contribution < 1.29 is 4.74 Å². The van der Waals surface area contributed by atoms with Crippen LogP contribution in [0.25, 0.3) is 22.5 Å². The van der Waals surface area contributed by atoms with Crippen LogP contribution in [0, 0.1) is 6.92 Å². The Balaban J connectivity index is 1.84. The zero-order chi connectivity index (χ0) is 23.3. The van der Waals surface area contributed by atoms with Gasteiger partial charge in [0, 0.05) is 60.2 Å². The predicted octanol–water partition coefficient (Wildman–Crippen LogP) is 4.86. The van der Waals surface area contributed by atoms with Crippen LogP contribution in [0.3, 0.4) is 0 Å². The summed E-state index contributed by atoms with van der Waals surface area (Å²) < 4.78 is 10.4. The van der Waals surface area contributed by atoms with E-state index in [1.54, 1.807) is 0 Å². The molecule has 7 nitrogen and oxygen atoms in total. The first kappa shape index (κ1) is 21.2. The molecule has 170 valence electrons. The Hall–Kier alpha value is -3.61. The Morgan fingerprint density at radius 2 is 2.00 bits per heavy atom. The lowest BCUT2D eigenvalue weighted by Gasteiger charge is -2.21. The minimum atomic E-state index is -0.227. The second-order valence-corrected chi connectivity index (χ2v) is 8.75. The highest BCUT2D eigenvalue weighted by Gasteiger charge is 2.25. The van der Waals surface area contributed by atoms with E-state index in [0.29, 0.717) is 11.6 Å². The molecule has 1 aliphatic heterocycles. The third-order valence-electron chi connectivity index (χ3n) is 6.40. The molecule has 2 bridgehead atoms. The van der Waals surface area contributed by atoms with Gasteiger partial charge in [0.1, 0.15) is 6.10 Å². The molecule has 1 aromatic carbocycles. The van der Waals surface area contributed by atoms with E-state index < -0.39 is 0 Å². The number of nitrogen functional groups attached to an aromatic ring is 1. The Kier molecular flexibility index (Phi) is 5.19. The summed E-state index contributed by atoms with van der Waals surface area (Å²) in [5.74, 6) is 0.970. The molecular weight excluding hydrogens is 412 g/mol. The lowest BCUT2D eigenvalue weighted by atomic mass is 9.92. The highest BCUT2D eigenvalue weighted by molar-refractivity contribution is 5.72. The molecule has 0 aliphatic carbocycles. The average Bonchev–Trinajstić information content (AvgIpc) is 3.34. The number of benzene rings is 1. The van der Waals surface area contributed by atoms with Gasteiger partial charge in [0.25, 0.3) is 0 Å². The van der Waals surface area contributed by atoms with E-state index in [1.165, 1.54) is 16.7 Å². The molecule has 4 heterocycles. The van der Waals surface area contributed by atoms with E-state index >= 15 is 0 Å². The van der Waals surface area contributed by atoms with Crippen LogP contribution in [0.1, 0.15) is 54.8 Å². The van der Waals surface area contributed by atoms with E-state index in [9.17, 15) is 0 Å². The number of nitrogens with two attached hydrogens (primary N) is 1. The summed E-state index contributed by atoms with van der Waals surface area (Å²) >= 11 is 0. The van der Waals surface area contributed by atoms with Gasteiger partial charge in [-0.2, -0.15) is 10.2 Å². The quantitative estimate of drug-likeness (QED) is 0.479. The molecule has 1 unspecified atom stereocenters. The molecule has 0 saturated heterocycles. The van der Waals surface area contributed by atoms with Crippen LogP contribution in [0.5, 0.6) is 5.75 Å². The van der Waals surface area contributed by atoms with Crippen LogP contribution in [0.4, 0.5) is 5.82 Å². The molecule has 1 atom stereocenters. The third-order valence-corrected chi connectivity index (χ3v) is 6.40. The van der Waals surface area contributed by atoms with Crippen molar-refractivity contribution >= 4 is 5.82 Å². The smallest absolute Gasteiger partial charge is 0.166 e. The molecule has 1 aliphatic rings. The van der Waals surface area contributed by atoms with Gasteiger partial charge in [-0.3, -0.25) is 9.36 Å². The summed E-state index contributed by atoms with van der Waals surface area (Å²) in [6.07, 6.45) is 5.31. The van der Waals surface area contributed by atoms with Crippen molar-refractivity contribution in [2.75, 3.05) is 5.73 Å². The molecular formula is C26H30N6O. The van der Waals surface area contributed by atoms with Gasteiger partial charge in [0.2, 0.25) is 0 Å². The second kappa shape index (κ2) is 8.06. The maximum absolute atomic E-state index is 6.43. The van der Waals surface area contributed by atoms with Crippen LogP contribution < -0.4 is 10.5 Å².